The van der Waals surface area contributed by atoms with E-state index in [0.717, 1.165) is 23.2 Å². The lowest BCUT2D eigenvalue weighted by molar-refractivity contribution is -0.194. The Hall–Kier alpha value is -7.00. The number of aromatic nitrogens is 10. The summed E-state index contributed by atoms with van der Waals surface area (Å²) in [5.74, 6) is -3.28. The van der Waals surface area contributed by atoms with Crippen LogP contribution in [-0.4, -0.2) is 166 Å². The van der Waals surface area contributed by atoms with Gasteiger partial charge in [-0.3, -0.25) is 9.80 Å². The molecule has 8 heterocycles. The second kappa shape index (κ2) is 22.7. The Labute approximate surface area is 433 Å². The van der Waals surface area contributed by atoms with Crippen molar-refractivity contribution in [1.82, 2.24) is 68.3 Å². The average Bonchev–Trinajstić information content (AvgIpc) is 3.34. The zero-order valence-electron chi connectivity index (χ0n) is 40.7. The quantitative estimate of drug-likeness (QED) is 0.0666. The Morgan fingerprint density at radius 3 is 1.62 bits per heavy atom. The van der Waals surface area contributed by atoms with E-state index in [2.05, 4.69) is 60.5 Å². The molecule has 0 bridgehead atoms. The number of sulfonamides is 1. The number of hydrogen-bond acceptors (Lipinski definition) is 22. The standard InChI is InChI=1S/C44H48F8N18O4S2/c1-23-59-37(65-41(53)61-23)29-11-25(19-67-5-7-69(75-4)21-33(67)43(47,48)49)15-55-36(29)64-28-14-32(46)40(58-18-28)74-9-10-76(71,72)70-8-6-68(34(22-70)44(50,51)52)20-26-12-30(38-60-24(2)62-42(54)66-38)35(56-16-26)63-27-13-31(45)39(73-3)57-17-27/h11-18,33-34H,5-10,19-22H2,1-4H3,(H,55,64)(H,56,63)(H2,53,59,61,65)(H2,54,60,62,66). The van der Waals surface area contributed by atoms with E-state index in [4.69, 9.17) is 20.9 Å². The minimum Gasteiger partial charge on any atom is -0.479 e. The van der Waals surface area contributed by atoms with Crippen LogP contribution in [0.15, 0.2) is 49.1 Å². The summed E-state index contributed by atoms with van der Waals surface area (Å²) in [5.41, 5.74) is 12.9. The van der Waals surface area contributed by atoms with Crippen molar-refractivity contribution in [1.29, 1.82) is 0 Å². The van der Waals surface area contributed by atoms with Gasteiger partial charge in [0.2, 0.25) is 27.8 Å². The third kappa shape index (κ3) is 13.3. The van der Waals surface area contributed by atoms with Gasteiger partial charge in [0.25, 0.3) is 5.88 Å². The molecule has 22 nitrogen and oxygen atoms in total. The van der Waals surface area contributed by atoms with Crippen molar-refractivity contribution in [3.63, 3.8) is 0 Å². The number of hydrogen-bond donors (Lipinski definition) is 4. The molecule has 0 saturated carbocycles. The number of halogens is 8. The SMILES string of the molecule is COc1ncc(Nc2ncc(CN3CCN(S(=O)(=O)CCOc4ncc(Nc5ncc(CN6CCN(SC)CC6C(F)(F)F)cc5-c5nc(C)nc(N)n5)cc4F)CC3C(F)(F)F)cc2-c2nc(C)nc(N)n2)cc1F. The van der Waals surface area contributed by atoms with Gasteiger partial charge in [0.05, 0.1) is 47.8 Å². The lowest BCUT2D eigenvalue weighted by Gasteiger charge is -2.41. The summed E-state index contributed by atoms with van der Waals surface area (Å²) in [6.45, 7) is 0.503. The largest absolute Gasteiger partial charge is 0.479 e. The van der Waals surface area contributed by atoms with Crippen LogP contribution in [0, 0.1) is 25.5 Å². The third-order valence-corrected chi connectivity index (χ3v) is 14.5. The number of nitrogens with zero attached hydrogens (tertiary/aromatic N) is 14. The molecule has 2 atom stereocenters. The highest BCUT2D eigenvalue weighted by Gasteiger charge is 2.49. The minimum atomic E-state index is -4.91. The topological polar surface area (TPSA) is 271 Å². The molecular formula is C44H48F8N18O4S2. The molecule has 76 heavy (non-hydrogen) atoms. The Morgan fingerprint density at radius 1 is 0.671 bits per heavy atom. The van der Waals surface area contributed by atoms with Gasteiger partial charge in [-0.2, -0.15) is 50.6 Å². The van der Waals surface area contributed by atoms with Gasteiger partial charge in [0.1, 0.15) is 42.0 Å². The van der Waals surface area contributed by atoms with Crippen LogP contribution in [0.25, 0.3) is 22.8 Å². The minimum absolute atomic E-state index is 0.00649. The fourth-order valence-corrected chi connectivity index (χ4v) is 10.2. The average molecular weight is 1110 g/mol. The van der Waals surface area contributed by atoms with Gasteiger partial charge < -0.3 is 31.6 Å². The number of aryl methyl sites for hydroxylation is 2. The number of nitrogens with one attached hydrogen (secondary N) is 2. The zero-order valence-corrected chi connectivity index (χ0v) is 42.4. The van der Waals surface area contributed by atoms with E-state index in [-0.39, 0.29) is 120 Å². The highest BCUT2D eigenvalue weighted by Crippen LogP contribution is 2.36. The van der Waals surface area contributed by atoms with E-state index in [1.807, 2.05) is 0 Å². The molecule has 2 unspecified atom stereocenters. The third-order valence-electron chi connectivity index (χ3n) is 11.9. The number of piperazine rings is 2. The maximum atomic E-state index is 15.6. The zero-order chi connectivity index (χ0) is 54.7. The predicted molar refractivity (Wildman–Crippen MR) is 262 cm³/mol. The van der Waals surface area contributed by atoms with Gasteiger partial charge in [-0.05, 0) is 43.4 Å². The number of pyridine rings is 4. The Morgan fingerprint density at radius 2 is 1.16 bits per heavy atom. The molecule has 6 N–H and O–H groups in total. The molecule has 32 heteroatoms. The van der Waals surface area contributed by atoms with Crippen LogP contribution < -0.4 is 31.6 Å². The van der Waals surface area contributed by atoms with E-state index in [0.29, 0.717) is 16.4 Å². The van der Waals surface area contributed by atoms with Crippen LogP contribution in [0.2, 0.25) is 0 Å². The van der Waals surface area contributed by atoms with Gasteiger partial charge in [-0.1, -0.05) is 11.9 Å². The van der Waals surface area contributed by atoms with Crippen LogP contribution in [0.1, 0.15) is 22.8 Å². The van der Waals surface area contributed by atoms with Gasteiger partial charge >= 0.3 is 12.4 Å². The number of nitrogens with two attached hydrogens (primary N) is 2. The molecule has 2 aliphatic rings. The fraction of sp³-hybridized carbons (Fsp3) is 0.409. The maximum absolute atomic E-state index is 15.6. The molecule has 0 amide bonds. The highest BCUT2D eigenvalue weighted by molar-refractivity contribution is 7.96. The summed E-state index contributed by atoms with van der Waals surface area (Å²) in [7, 11) is -3.19. The summed E-state index contributed by atoms with van der Waals surface area (Å²) in [5, 5.41) is 5.80. The smallest absolute Gasteiger partial charge is 0.405 e. The summed E-state index contributed by atoms with van der Waals surface area (Å²) in [6.07, 6.45) is -2.66. The van der Waals surface area contributed by atoms with Crippen LogP contribution in [0.3, 0.4) is 0 Å². The lowest BCUT2D eigenvalue weighted by Crippen LogP contribution is -2.60. The summed E-state index contributed by atoms with van der Waals surface area (Å²) in [6, 6.07) is 1.03. The van der Waals surface area contributed by atoms with Crippen LogP contribution in [0.4, 0.5) is 70.0 Å². The lowest BCUT2D eigenvalue weighted by atomic mass is 10.1. The van der Waals surface area contributed by atoms with Gasteiger partial charge in [0, 0.05) is 76.9 Å². The number of alkyl halides is 6. The normalized spacial score (nSPS) is 17.4. The van der Waals surface area contributed by atoms with Crippen molar-refractivity contribution in [2.24, 2.45) is 0 Å². The molecule has 0 radical (unpaired) electrons. The van der Waals surface area contributed by atoms with Crippen molar-refractivity contribution in [3.05, 3.63) is 83.5 Å². The van der Waals surface area contributed by atoms with E-state index in [9.17, 15) is 39.2 Å². The first kappa shape index (κ1) is 55.2. The molecule has 406 valence electrons. The molecule has 2 saturated heterocycles. The first-order valence-electron chi connectivity index (χ1n) is 22.8. The van der Waals surface area contributed by atoms with Crippen molar-refractivity contribution >= 4 is 56.9 Å². The predicted octanol–water partition coefficient (Wildman–Crippen LogP) is 5.31. The van der Waals surface area contributed by atoms with Crippen LogP contribution in [-0.2, 0) is 23.1 Å². The van der Waals surface area contributed by atoms with Gasteiger partial charge in [0.15, 0.2) is 23.3 Å². The monoisotopic (exact) mass is 1110 g/mol. The van der Waals surface area contributed by atoms with E-state index < -0.39 is 70.9 Å². The first-order chi connectivity index (χ1) is 36.0. The van der Waals surface area contributed by atoms with Crippen molar-refractivity contribution in [2.45, 2.75) is 51.4 Å². The first-order valence-corrected chi connectivity index (χ1v) is 25.6. The van der Waals surface area contributed by atoms with Crippen LogP contribution >= 0.6 is 11.9 Å². The summed E-state index contributed by atoms with van der Waals surface area (Å²) in [4.78, 5) is 44.0. The van der Waals surface area contributed by atoms with Crippen molar-refractivity contribution < 1.29 is 53.0 Å². The molecule has 2 aliphatic heterocycles. The van der Waals surface area contributed by atoms with Crippen molar-refractivity contribution in [2.75, 3.05) is 87.1 Å². The van der Waals surface area contributed by atoms with E-state index in [1.54, 1.807) is 24.4 Å². The van der Waals surface area contributed by atoms with Crippen LogP contribution in [0.5, 0.6) is 11.8 Å². The number of methoxy groups -OCH3 is 1. The van der Waals surface area contributed by atoms with Gasteiger partial charge in [-0.15, -0.1) is 0 Å². The molecular weight excluding hydrogens is 1060 g/mol. The molecule has 6 aromatic heterocycles. The number of rotatable bonds is 17. The van der Waals surface area contributed by atoms with Gasteiger partial charge in [-0.25, -0.2) is 51.4 Å². The molecule has 6 aromatic rings. The van der Waals surface area contributed by atoms with E-state index >= 15 is 4.39 Å². The van der Waals surface area contributed by atoms with E-state index in [1.165, 1.54) is 54.7 Å². The molecule has 2 fully saturated rings. The second-order valence-electron chi connectivity index (χ2n) is 17.2. The Balaban J connectivity index is 0.930. The molecule has 8 rings (SSSR count). The maximum Gasteiger partial charge on any atom is 0.405 e. The Kier molecular flexibility index (Phi) is 16.5. The number of ether oxygens (including phenoxy) is 2. The fourth-order valence-electron chi connectivity index (χ4n) is 8.34. The second-order valence-corrected chi connectivity index (χ2v) is 20.2. The number of nitrogen functional groups attached to an aromatic ring is 2. The molecule has 0 aromatic carbocycles. The summed E-state index contributed by atoms with van der Waals surface area (Å²) >= 11 is 1.23. The molecule has 0 aliphatic carbocycles. The summed E-state index contributed by atoms with van der Waals surface area (Å²) < 4.78 is 157. The highest BCUT2D eigenvalue weighted by atomic mass is 32.2. The number of anilines is 6. The Bertz CT molecular complexity index is 3150. The molecule has 0 spiro atoms. The van der Waals surface area contributed by atoms with Crippen molar-refractivity contribution in [3.8, 4) is 34.5 Å².